The van der Waals surface area contributed by atoms with Crippen molar-refractivity contribution >= 4 is 35.9 Å². The highest BCUT2D eigenvalue weighted by molar-refractivity contribution is 5.82. The van der Waals surface area contributed by atoms with Crippen LogP contribution in [0.15, 0.2) is 50.6 Å². The van der Waals surface area contributed by atoms with Crippen molar-refractivity contribution < 1.29 is 124 Å². The minimum atomic E-state index is -6.31. The second-order valence-corrected chi connectivity index (χ2v) is 13.8. The fourth-order valence-corrected chi connectivity index (χ4v) is 4.18. The number of amides is 1. The van der Waals surface area contributed by atoms with E-state index in [0.29, 0.717) is 12.2 Å². The number of hydrogen-bond acceptors (Lipinski definition) is 15. The van der Waals surface area contributed by atoms with Gasteiger partial charge in [0.05, 0.1) is 13.0 Å². The zero-order chi connectivity index (χ0) is 49.8. The van der Waals surface area contributed by atoms with E-state index in [1.54, 1.807) is 0 Å². The molecule has 0 aliphatic heterocycles. The van der Waals surface area contributed by atoms with Crippen molar-refractivity contribution in [1.82, 2.24) is 5.32 Å². The van der Waals surface area contributed by atoms with Crippen molar-refractivity contribution in [2.75, 3.05) is 52.9 Å². The molecule has 0 heterocycles. The summed E-state index contributed by atoms with van der Waals surface area (Å²) < 4.78 is 206. The van der Waals surface area contributed by atoms with Gasteiger partial charge in [-0.15, -0.1) is 8.78 Å². The molecular weight excluding hydrogens is 914 g/mol. The molecule has 0 radical (unpaired) electrons. The summed E-state index contributed by atoms with van der Waals surface area (Å²) in [5.41, 5.74) is -3.41. The molecule has 0 fully saturated rings. The SMILES string of the molecule is C=CC(=O)OCC(C)(COC(=O)C=C)CC(=O)OCCC(F)(F)COCC(F)(F)CC(F)(F)OC(F)(F)OC(F)(F)CC(F)(F)COC(=O)NC(C)(COC(=O)C=C)COC(=O)C=C. The molecule has 0 saturated carbocycles. The molecule has 0 saturated heterocycles. The Morgan fingerprint density at radius 1 is 0.500 bits per heavy atom. The van der Waals surface area contributed by atoms with Gasteiger partial charge in [0, 0.05) is 36.1 Å². The fourth-order valence-electron chi connectivity index (χ4n) is 4.18. The van der Waals surface area contributed by atoms with E-state index in [1.165, 1.54) is 6.92 Å². The first-order valence-corrected chi connectivity index (χ1v) is 17.6. The van der Waals surface area contributed by atoms with Gasteiger partial charge >= 0.3 is 54.5 Å². The topological polar surface area (TPSA) is 198 Å². The maximum atomic E-state index is 14.2. The normalized spacial score (nSPS) is 12.8. The van der Waals surface area contributed by atoms with Gasteiger partial charge in [-0.05, 0) is 6.92 Å². The van der Waals surface area contributed by atoms with E-state index in [1.807, 2.05) is 5.32 Å². The van der Waals surface area contributed by atoms with Crippen LogP contribution in [0, 0.1) is 5.41 Å². The van der Waals surface area contributed by atoms with Crippen LogP contribution in [0.5, 0.6) is 0 Å². The predicted octanol–water partition coefficient (Wildman–Crippen LogP) is 6.19. The lowest BCUT2D eigenvalue weighted by atomic mass is 9.88. The maximum absolute atomic E-state index is 14.2. The quantitative estimate of drug-likeness (QED) is 0.0263. The molecule has 16 nitrogen and oxygen atoms in total. The van der Waals surface area contributed by atoms with E-state index in [0.717, 1.165) is 19.1 Å². The number of esters is 5. The Morgan fingerprint density at radius 2 is 0.875 bits per heavy atom. The number of carbonyl (C=O) groups excluding carboxylic acids is 6. The fraction of sp³-hybridized carbons (Fsp3) is 0.611. The van der Waals surface area contributed by atoms with E-state index in [4.69, 9.17) is 9.47 Å². The standard InChI is InChI=1S/C36H43F12NO15/c1-7-23(50)58-16-29(5,17-59-24(51)8-2)13-27(54)57-12-11-31(37,38)20-56-21-32(39,40)14-34(43,44)63-36(47,48)64-35(45,46)15-33(41,42)22-62-28(55)49-30(6,18-60-25(52)9-3)19-61-26(53)10-4/h7-10H,1-4,11-22H2,5-6H3,(H,49,55). The van der Waals surface area contributed by atoms with E-state index in [2.05, 4.69) is 59.5 Å². The summed E-state index contributed by atoms with van der Waals surface area (Å²) in [6.45, 7) is 4.18. The zero-order valence-electron chi connectivity index (χ0n) is 33.8. The van der Waals surface area contributed by atoms with Crippen LogP contribution in [0.25, 0.3) is 0 Å². The van der Waals surface area contributed by atoms with E-state index < -0.39 is 162 Å². The van der Waals surface area contributed by atoms with Crippen LogP contribution in [-0.4, -0.2) is 131 Å². The van der Waals surface area contributed by atoms with Crippen LogP contribution in [0.2, 0.25) is 0 Å². The van der Waals surface area contributed by atoms with Crippen LogP contribution >= 0.6 is 0 Å². The lowest BCUT2D eigenvalue weighted by molar-refractivity contribution is -0.519. The van der Waals surface area contributed by atoms with Crippen LogP contribution in [-0.2, 0) is 66.6 Å². The number of alkyl carbamates (subject to hydrolysis) is 1. The molecule has 366 valence electrons. The first-order chi connectivity index (χ1) is 29.1. The Balaban J connectivity index is 5.24. The smallest absolute Gasteiger partial charge is 0.465 e. The number of nitrogens with one attached hydrogen (secondary N) is 1. The summed E-state index contributed by atoms with van der Waals surface area (Å²) in [7, 11) is 0. The first kappa shape index (κ1) is 58.6. The Hall–Kier alpha value is -5.38. The molecule has 0 aromatic heterocycles. The summed E-state index contributed by atoms with van der Waals surface area (Å²) in [6, 6.07) is 0. The largest absolute Gasteiger partial charge is 0.494 e. The Kier molecular flexibility index (Phi) is 22.5. The molecule has 1 amide bonds. The third kappa shape index (κ3) is 26.3. The highest BCUT2D eigenvalue weighted by Gasteiger charge is 2.57. The molecule has 0 atom stereocenters. The average molecular weight is 958 g/mol. The van der Waals surface area contributed by atoms with E-state index >= 15 is 0 Å². The lowest BCUT2D eigenvalue weighted by Gasteiger charge is -2.30. The number of alkyl halides is 12. The van der Waals surface area contributed by atoms with Gasteiger partial charge in [-0.1, -0.05) is 33.2 Å². The maximum Gasteiger partial charge on any atom is 0.494 e. The van der Waals surface area contributed by atoms with Gasteiger partial charge in [0.2, 0.25) is 0 Å². The number of carbonyl (C=O) groups is 6. The van der Waals surface area contributed by atoms with Crippen molar-refractivity contribution in [3.8, 4) is 0 Å². The third-order valence-corrected chi connectivity index (χ3v) is 7.07. The van der Waals surface area contributed by atoms with Crippen LogP contribution in [0.1, 0.15) is 39.5 Å². The molecule has 0 aliphatic rings. The van der Waals surface area contributed by atoms with Crippen molar-refractivity contribution in [2.45, 2.75) is 81.3 Å². The number of ether oxygens (including phenoxy) is 9. The summed E-state index contributed by atoms with van der Waals surface area (Å²) in [5.74, 6) is -19.4. The molecular formula is C36H43F12NO15. The Bertz CT molecular complexity index is 1610. The second-order valence-electron chi connectivity index (χ2n) is 13.8. The average Bonchev–Trinajstić information content (AvgIpc) is 3.14. The molecule has 0 bridgehead atoms. The van der Waals surface area contributed by atoms with Crippen molar-refractivity contribution in [2.24, 2.45) is 5.41 Å². The molecule has 0 aromatic rings. The van der Waals surface area contributed by atoms with Gasteiger partial charge in [-0.3, -0.25) is 4.79 Å². The number of rotatable bonds is 32. The molecule has 0 spiro atoms. The summed E-state index contributed by atoms with van der Waals surface area (Å²) in [4.78, 5) is 70.0. The third-order valence-electron chi connectivity index (χ3n) is 7.07. The molecule has 0 aromatic carbocycles. The van der Waals surface area contributed by atoms with Crippen molar-refractivity contribution in [3.63, 3.8) is 0 Å². The molecule has 64 heavy (non-hydrogen) atoms. The Morgan fingerprint density at radius 3 is 1.28 bits per heavy atom. The second kappa shape index (κ2) is 24.6. The number of halogens is 12. The summed E-state index contributed by atoms with van der Waals surface area (Å²) >= 11 is 0. The first-order valence-electron chi connectivity index (χ1n) is 17.6. The number of hydrogen-bond donors (Lipinski definition) is 1. The molecule has 0 rings (SSSR count). The van der Waals surface area contributed by atoms with Crippen LogP contribution < -0.4 is 5.32 Å². The van der Waals surface area contributed by atoms with Gasteiger partial charge in [0.15, 0.2) is 6.61 Å². The molecule has 28 heteroatoms. The summed E-state index contributed by atoms with van der Waals surface area (Å²) in [6.07, 6.45) is -25.4. The minimum Gasteiger partial charge on any atom is -0.465 e. The van der Waals surface area contributed by atoms with Crippen LogP contribution in [0.3, 0.4) is 0 Å². The highest BCUT2D eigenvalue weighted by Crippen LogP contribution is 2.41. The van der Waals surface area contributed by atoms with Gasteiger partial charge in [-0.2, -0.15) is 17.6 Å². The zero-order valence-corrected chi connectivity index (χ0v) is 33.8. The van der Waals surface area contributed by atoms with Gasteiger partial charge in [0.1, 0.15) is 58.0 Å². The molecule has 0 aliphatic carbocycles. The van der Waals surface area contributed by atoms with Gasteiger partial charge in [-0.25, -0.2) is 59.8 Å². The minimum absolute atomic E-state index is 0.558. The van der Waals surface area contributed by atoms with E-state index in [-0.39, 0.29) is 0 Å². The van der Waals surface area contributed by atoms with E-state index in [9.17, 15) is 81.5 Å². The summed E-state index contributed by atoms with van der Waals surface area (Å²) in [5, 5.41) is 1.81. The Labute approximate surface area is 355 Å². The lowest BCUT2D eigenvalue weighted by Crippen LogP contribution is -2.54. The van der Waals surface area contributed by atoms with Gasteiger partial charge in [0.25, 0.3) is 17.8 Å². The monoisotopic (exact) mass is 957 g/mol. The van der Waals surface area contributed by atoms with Crippen molar-refractivity contribution in [3.05, 3.63) is 50.6 Å². The molecule has 0 unspecified atom stereocenters. The highest BCUT2D eigenvalue weighted by atomic mass is 19.3. The van der Waals surface area contributed by atoms with Crippen LogP contribution in [0.4, 0.5) is 57.5 Å². The van der Waals surface area contributed by atoms with Crippen molar-refractivity contribution in [1.29, 1.82) is 0 Å². The van der Waals surface area contributed by atoms with Gasteiger partial charge < -0.3 is 38.5 Å². The predicted molar refractivity (Wildman–Crippen MR) is 188 cm³/mol. The molecule has 1 N–H and O–H groups in total.